The summed E-state index contributed by atoms with van der Waals surface area (Å²) in [6, 6.07) is 11.7. The van der Waals surface area contributed by atoms with Gasteiger partial charge < -0.3 is 4.57 Å². The highest BCUT2D eigenvalue weighted by atomic mass is 35.5. The third kappa shape index (κ3) is 5.08. The van der Waals surface area contributed by atoms with E-state index in [-0.39, 0.29) is 18.3 Å². The molecular weight excluding hydrogens is 523 g/mol. The number of carbonyl (C=O) groups excluding carboxylic acids is 1. The lowest BCUT2D eigenvalue weighted by Crippen LogP contribution is -2.46. The zero-order valence-electron chi connectivity index (χ0n) is 19.4. The molecule has 184 valence electrons. The van der Waals surface area contributed by atoms with Crippen molar-refractivity contribution in [3.8, 4) is 0 Å². The van der Waals surface area contributed by atoms with Gasteiger partial charge in [0.25, 0.3) is 0 Å². The van der Waals surface area contributed by atoms with E-state index in [0.717, 1.165) is 60.0 Å². The fourth-order valence-electron chi connectivity index (χ4n) is 4.95. The molecule has 4 aromatic rings. The lowest BCUT2D eigenvalue weighted by molar-refractivity contribution is -0.124. The predicted octanol–water partition coefficient (Wildman–Crippen LogP) is 7.47. The van der Waals surface area contributed by atoms with Crippen molar-refractivity contribution in [2.75, 3.05) is 11.4 Å². The van der Waals surface area contributed by atoms with Crippen LogP contribution in [0.1, 0.15) is 43.2 Å². The summed E-state index contributed by atoms with van der Waals surface area (Å²) in [6.07, 6.45) is 10.0. The van der Waals surface area contributed by atoms with E-state index < -0.39 is 5.41 Å². The van der Waals surface area contributed by atoms with Crippen LogP contribution in [0.15, 0.2) is 55.1 Å². The first kappa shape index (κ1) is 26.0. The number of thiazole rings is 1. The molecular formula is C26H27Cl3N4OS. The molecule has 9 heteroatoms. The molecule has 0 aliphatic heterocycles. The van der Waals surface area contributed by atoms with Crippen molar-refractivity contribution in [1.29, 1.82) is 0 Å². The van der Waals surface area contributed by atoms with Gasteiger partial charge in [0.1, 0.15) is 0 Å². The van der Waals surface area contributed by atoms with Gasteiger partial charge in [0, 0.05) is 30.5 Å². The lowest BCUT2D eigenvalue weighted by atomic mass is 9.77. The van der Waals surface area contributed by atoms with Crippen LogP contribution >= 0.6 is 46.9 Å². The van der Waals surface area contributed by atoms with Gasteiger partial charge >= 0.3 is 0 Å². The summed E-state index contributed by atoms with van der Waals surface area (Å²) in [5, 5.41) is 2.06. The first-order chi connectivity index (χ1) is 16.5. The Morgan fingerprint density at radius 1 is 1.14 bits per heavy atom. The average molecular weight is 550 g/mol. The van der Waals surface area contributed by atoms with E-state index in [9.17, 15) is 4.79 Å². The minimum Gasteiger partial charge on any atom is -0.337 e. The number of rotatable bonds is 7. The molecule has 0 atom stereocenters. The molecule has 2 aromatic carbocycles. The summed E-state index contributed by atoms with van der Waals surface area (Å²) in [6.45, 7) is 3.38. The van der Waals surface area contributed by atoms with E-state index in [1.165, 1.54) is 11.3 Å². The Labute approximate surface area is 225 Å². The van der Waals surface area contributed by atoms with Crippen molar-refractivity contribution < 1.29 is 4.79 Å². The minimum atomic E-state index is -0.559. The van der Waals surface area contributed by atoms with E-state index in [1.807, 2.05) is 59.0 Å². The van der Waals surface area contributed by atoms with E-state index >= 15 is 0 Å². The molecule has 1 aliphatic carbocycles. The predicted molar refractivity (Wildman–Crippen MR) is 147 cm³/mol. The third-order valence-corrected chi connectivity index (χ3v) is 8.57. The van der Waals surface area contributed by atoms with Gasteiger partial charge in [-0.3, -0.25) is 9.69 Å². The van der Waals surface area contributed by atoms with Gasteiger partial charge in [-0.05, 0) is 55.5 Å². The standard InChI is InChI=1S/C26H26Cl2N4OS.ClH/c1-18-5-10-21(28)23-22(18)30-25(34-23)32(15-4-14-31-16-13-29-17-31)24(33)26(11-2-3-12-26)19-6-8-20(27)9-7-19;/h5-10,13,16-17H,2-4,11-12,14-15H2,1H3;1H. The Balaban J connectivity index is 0.00000289. The number of amides is 1. The first-order valence-corrected chi connectivity index (χ1v) is 13.1. The molecule has 1 amide bonds. The van der Waals surface area contributed by atoms with Gasteiger partial charge in [-0.15, -0.1) is 12.4 Å². The molecule has 2 aromatic heterocycles. The van der Waals surface area contributed by atoms with Crippen molar-refractivity contribution in [1.82, 2.24) is 14.5 Å². The average Bonchev–Trinajstić information content (AvgIpc) is 3.60. The van der Waals surface area contributed by atoms with Crippen molar-refractivity contribution in [3.63, 3.8) is 0 Å². The van der Waals surface area contributed by atoms with Crippen LogP contribution in [-0.2, 0) is 16.8 Å². The Bertz CT molecular complexity index is 1260. The maximum absolute atomic E-state index is 14.4. The number of aryl methyl sites for hydroxylation is 2. The number of imidazole rings is 1. The molecule has 0 spiro atoms. The maximum atomic E-state index is 14.4. The van der Waals surface area contributed by atoms with Crippen LogP contribution in [-0.4, -0.2) is 27.0 Å². The second-order valence-corrected chi connectivity index (χ2v) is 10.8. The molecule has 0 radical (unpaired) electrons. The zero-order valence-corrected chi connectivity index (χ0v) is 22.6. The summed E-state index contributed by atoms with van der Waals surface area (Å²) in [4.78, 5) is 25.3. The highest BCUT2D eigenvalue weighted by Gasteiger charge is 2.45. The molecule has 0 N–H and O–H groups in total. The Morgan fingerprint density at radius 3 is 2.54 bits per heavy atom. The van der Waals surface area contributed by atoms with Crippen LogP contribution < -0.4 is 4.90 Å². The fourth-order valence-corrected chi connectivity index (χ4v) is 6.42. The Hall–Kier alpha value is -2.12. The molecule has 35 heavy (non-hydrogen) atoms. The van der Waals surface area contributed by atoms with E-state index in [4.69, 9.17) is 28.2 Å². The molecule has 1 saturated carbocycles. The second kappa shape index (κ2) is 10.9. The largest absolute Gasteiger partial charge is 0.337 e. The quantitative estimate of drug-likeness (QED) is 0.240. The zero-order chi connectivity index (χ0) is 23.7. The molecule has 0 bridgehead atoms. The van der Waals surface area contributed by atoms with Crippen LogP contribution in [0, 0.1) is 6.92 Å². The number of aromatic nitrogens is 3. The van der Waals surface area contributed by atoms with Crippen LogP contribution in [0.4, 0.5) is 5.13 Å². The van der Waals surface area contributed by atoms with E-state index in [0.29, 0.717) is 21.7 Å². The number of halogens is 3. The molecule has 0 saturated heterocycles. The monoisotopic (exact) mass is 548 g/mol. The number of nitrogens with zero attached hydrogens (tertiary/aromatic N) is 4. The third-order valence-electron chi connectivity index (χ3n) is 6.78. The van der Waals surface area contributed by atoms with Gasteiger partial charge in [-0.2, -0.15) is 0 Å². The van der Waals surface area contributed by atoms with Gasteiger partial charge in [0.15, 0.2) is 5.13 Å². The smallest absolute Gasteiger partial charge is 0.239 e. The molecule has 0 unspecified atom stereocenters. The number of anilines is 1. The first-order valence-electron chi connectivity index (χ1n) is 11.6. The number of carbonyl (C=O) groups is 1. The van der Waals surface area contributed by atoms with Crippen LogP contribution in [0.3, 0.4) is 0 Å². The van der Waals surface area contributed by atoms with Gasteiger partial charge in [-0.1, -0.05) is 65.6 Å². The van der Waals surface area contributed by atoms with E-state index in [2.05, 4.69) is 4.98 Å². The minimum absolute atomic E-state index is 0. The topological polar surface area (TPSA) is 51.0 Å². The second-order valence-electron chi connectivity index (χ2n) is 8.95. The molecule has 5 nitrogen and oxygen atoms in total. The van der Waals surface area contributed by atoms with Crippen molar-refractivity contribution in [3.05, 3.63) is 76.3 Å². The van der Waals surface area contributed by atoms with Gasteiger partial charge in [0.2, 0.25) is 5.91 Å². The van der Waals surface area contributed by atoms with Crippen LogP contribution in [0.25, 0.3) is 10.2 Å². The van der Waals surface area contributed by atoms with Crippen molar-refractivity contribution >= 4 is 68.2 Å². The summed E-state index contributed by atoms with van der Waals surface area (Å²) in [5.41, 5.74) is 2.40. The molecule has 2 heterocycles. The Kier molecular flexibility index (Phi) is 8.06. The molecule has 1 aliphatic rings. The number of benzene rings is 2. The number of hydrogen-bond donors (Lipinski definition) is 0. The maximum Gasteiger partial charge on any atom is 0.239 e. The SMILES string of the molecule is Cc1ccc(Cl)c2sc(N(CCCn3ccnc3)C(=O)C3(c4ccc(Cl)cc4)CCCC3)nc12.Cl. The number of fused-ring (bicyclic) bond motifs is 1. The van der Waals surface area contributed by atoms with E-state index in [1.54, 1.807) is 12.5 Å². The van der Waals surface area contributed by atoms with Gasteiger partial charge in [0.05, 0.1) is 27.0 Å². The summed E-state index contributed by atoms with van der Waals surface area (Å²) in [7, 11) is 0. The highest BCUT2D eigenvalue weighted by molar-refractivity contribution is 7.23. The summed E-state index contributed by atoms with van der Waals surface area (Å²) >= 11 is 14.2. The van der Waals surface area contributed by atoms with Crippen LogP contribution in [0.2, 0.25) is 10.0 Å². The Morgan fingerprint density at radius 2 is 1.89 bits per heavy atom. The molecule has 1 fully saturated rings. The summed E-state index contributed by atoms with van der Waals surface area (Å²) < 4.78 is 2.96. The lowest BCUT2D eigenvalue weighted by Gasteiger charge is -2.34. The normalized spacial score (nSPS) is 14.7. The number of hydrogen-bond acceptors (Lipinski definition) is 4. The highest BCUT2D eigenvalue weighted by Crippen LogP contribution is 2.45. The van der Waals surface area contributed by atoms with Gasteiger partial charge in [-0.25, -0.2) is 9.97 Å². The summed E-state index contributed by atoms with van der Waals surface area (Å²) in [5.74, 6) is 0.116. The van der Waals surface area contributed by atoms with Crippen molar-refractivity contribution in [2.45, 2.75) is 51.0 Å². The molecule has 5 rings (SSSR count). The van der Waals surface area contributed by atoms with Crippen LogP contribution in [0.5, 0.6) is 0 Å². The van der Waals surface area contributed by atoms with Crippen molar-refractivity contribution in [2.24, 2.45) is 0 Å². The fraction of sp³-hybridized carbons (Fsp3) is 0.346.